The summed E-state index contributed by atoms with van der Waals surface area (Å²) in [6.45, 7) is 0. The number of terminal acetylenes is 1. The molecule has 1 atom stereocenters. The smallest absolute Gasteiger partial charge is 0.196 e. The maximum Gasteiger partial charge on any atom is 0.196 e. The van der Waals surface area contributed by atoms with Gasteiger partial charge >= 0.3 is 0 Å². The molecule has 0 bridgehead atoms. The first kappa shape index (κ1) is 12.9. The molecule has 96 valence electrons. The number of carbonyl (C=O) groups is 1. The van der Waals surface area contributed by atoms with Crippen molar-refractivity contribution in [2.24, 2.45) is 5.41 Å². The number of halogens is 1. The largest absolute Gasteiger partial charge is 0.288 e. The van der Waals surface area contributed by atoms with Gasteiger partial charge in [0.25, 0.3) is 0 Å². The van der Waals surface area contributed by atoms with Crippen LogP contribution in [0.25, 0.3) is 5.57 Å². The molecular weight excluding hydrogens is 314 g/mol. The van der Waals surface area contributed by atoms with E-state index in [1.165, 1.54) is 11.6 Å². The van der Waals surface area contributed by atoms with Gasteiger partial charge in [-0.2, -0.15) is 5.26 Å². The van der Waals surface area contributed by atoms with Gasteiger partial charge in [-0.25, -0.2) is 0 Å². The molecule has 0 saturated heterocycles. The van der Waals surface area contributed by atoms with Gasteiger partial charge in [-0.15, -0.1) is 6.42 Å². The Balaban J connectivity index is 2.30. The van der Waals surface area contributed by atoms with Crippen LogP contribution in [0.2, 0.25) is 0 Å². The van der Waals surface area contributed by atoms with Gasteiger partial charge in [-0.05, 0) is 47.8 Å². The molecule has 2 nitrogen and oxygen atoms in total. The first-order valence-corrected chi connectivity index (χ1v) is 7.05. The highest BCUT2D eigenvalue weighted by molar-refractivity contribution is 9.10. The van der Waals surface area contributed by atoms with E-state index in [0.717, 1.165) is 28.5 Å². The molecule has 1 unspecified atom stereocenters. The third-order valence-electron chi connectivity index (χ3n) is 3.95. The van der Waals surface area contributed by atoms with Gasteiger partial charge in [0.15, 0.2) is 5.78 Å². The second kappa shape index (κ2) is 4.47. The van der Waals surface area contributed by atoms with Crippen LogP contribution in [0.1, 0.15) is 17.5 Å². The number of nitrogens with zero attached hydrogens (tertiary/aromatic N) is 1. The predicted molar refractivity (Wildman–Crippen MR) is 80.4 cm³/mol. The molecule has 20 heavy (non-hydrogen) atoms. The molecule has 0 heterocycles. The number of benzene rings is 1. The van der Waals surface area contributed by atoms with E-state index in [1.807, 2.05) is 18.2 Å². The van der Waals surface area contributed by atoms with Crippen LogP contribution < -0.4 is 0 Å². The van der Waals surface area contributed by atoms with Crippen molar-refractivity contribution < 1.29 is 4.79 Å². The Morgan fingerprint density at radius 3 is 2.90 bits per heavy atom. The first-order valence-electron chi connectivity index (χ1n) is 6.26. The zero-order valence-corrected chi connectivity index (χ0v) is 12.2. The van der Waals surface area contributed by atoms with Crippen LogP contribution in [-0.4, -0.2) is 5.78 Å². The molecule has 3 heteroatoms. The number of aryl methyl sites for hydroxylation is 1. The minimum absolute atomic E-state index is 0.141. The van der Waals surface area contributed by atoms with Crippen LogP contribution >= 0.6 is 15.9 Å². The van der Waals surface area contributed by atoms with Crippen molar-refractivity contribution in [1.82, 2.24) is 0 Å². The molecule has 2 aliphatic rings. The molecule has 0 amide bonds. The standard InChI is InChI=1S/C17H10BrNO/c1-2-17-7-6-11-4-3-5-14(18)16(11)13(17)8-15(20)12(9-17)10-19/h1,3-5,8-9H,6-7H2. The summed E-state index contributed by atoms with van der Waals surface area (Å²) in [4.78, 5) is 12.0. The minimum atomic E-state index is -0.643. The molecule has 0 saturated carbocycles. The van der Waals surface area contributed by atoms with Gasteiger partial charge in [0, 0.05) is 4.47 Å². The number of rotatable bonds is 0. The van der Waals surface area contributed by atoms with E-state index in [-0.39, 0.29) is 11.4 Å². The monoisotopic (exact) mass is 323 g/mol. The van der Waals surface area contributed by atoms with E-state index in [9.17, 15) is 4.79 Å². The van der Waals surface area contributed by atoms with E-state index in [0.29, 0.717) is 0 Å². The van der Waals surface area contributed by atoms with Crippen LogP contribution in [0.15, 0.2) is 40.4 Å². The topological polar surface area (TPSA) is 40.9 Å². The highest BCUT2D eigenvalue weighted by Crippen LogP contribution is 2.50. The van der Waals surface area contributed by atoms with Crippen LogP contribution in [-0.2, 0) is 11.2 Å². The maximum absolute atomic E-state index is 12.0. The van der Waals surface area contributed by atoms with Crippen molar-refractivity contribution >= 4 is 27.3 Å². The Morgan fingerprint density at radius 1 is 1.40 bits per heavy atom. The average Bonchev–Trinajstić information content (AvgIpc) is 2.47. The normalized spacial score (nSPS) is 23.6. The third kappa shape index (κ3) is 1.68. The summed E-state index contributed by atoms with van der Waals surface area (Å²) in [6.07, 6.45) is 10.5. The summed E-state index contributed by atoms with van der Waals surface area (Å²) < 4.78 is 0.933. The van der Waals surface area contributed by atoms with E-state index < -0.39 is 5.41 Å². The number of nitriles is 1. The zero-order valence-electron chi connectivity index (χ0n) is 10.6. The molecule has 3 rings (SSSR count). The fourth-order valence-electron chi connectivity index (χ4n) is 2.92. The van der Waals surface area contributed by atoms with Crippen LogP contribution in [0.5, 0.6) is 0 Å². The average molecular weight is 324 g/mol. The van der Waals surface area contributed by atoms with Gasteiger partial charge < -0.3 is 0 Å². The predicted octanol–water partition coefficient (Wildman–Crippen LogP) is 3.43. The van der Waals surface area contributed by atoms with E-state index in [2.05, 4.69) is 27.9 Å². The fraction of sp³-hybridized carbons (Fsp3) is 0.176. The van der Waals surface area contributed by atoms with Gasteiger partial charge in [0.2, 0.25) is 0 Å². The molecule has 0 aliphatic heterocycles. The molecule has 0 N–H and O–H groups in total. The number of carbonyl (C=O) groups excluding carboxylic acids is 1. The lowest BCUT2D eigenvalue weighted by atomic mass is 9.65. The Kier molecular flexibility index (Phi) is 2.89. The van der Waals surface area contributed by atoms with Crippen LogP contribution in [0, 0.1) is 29.1 Å². The first-order chi connectivity index (χ1) is 9.61. The molecule has 2 aliphatic carbocycles. The summed E-state index contributed by atoms with van der Waals surface area (Å²) in [5.41, 5.74) is 2.51. The van der Waals surface area contributed by atoms with Crippen molar-refractivity contribution in [1.29, 1.82) is 5.26 Å². The Morgan fingerprint density at radius 2 is 2.20 bits per heavy atom. The van der Waals surface area contributed by atoms with E-state index in [1.54, 1.807) is 6.08 Å². The number of ketones is 1. The summed E-state index contributed by atoms with van der Waals surface area (Å²) in [5.74, 6) is 2.54. The highest BCUT2D eigenvalue weighted by Gasteiger charge is 2.40. The van der Waals surface area contributed by atoms with Crippen molar-refractivity contribution in [3.8, 4) is 18.4 Å². The van der Waals surface area contributed by atoms with Gasteiger partial charge in [-0.1, -0.05) is 34.0 Å². The molecular formula is C17H10BrNO. The van der Waals surface area contributed by atoms with Gasteiger partial charge in [0.1, 0.15) is 6.07 Å². The van der Waals surface area contributed by atoms with E-state index >= 15 is 0 Å². The molecule has 1 aromatic carbocycles. The Bertz CT molecular complexity index is 773. The van der Waals surface area contributed by atoms with Crippen LogP contribution in [0.3, 0.4) is 0 Å². The van der Waals surface area contributed by atoms with Crippen molar-refractivity contribution in [2.45, 2.75) is 12.8 Å². The second-order valence-corrected chi connectivity index (χ2v) is 5.84. The van der Waals surface area contributed by atoms with Gasteiger partial charge in [-0.3, -0.25) is 4.79 Å². The van der Waals surface area contributed by atoms with Crippen LogP contribution in [0.4, 0.5) is 0 Å². The highest BCUT2D eigenvalue weighted by atomic mass is 79.9. The minimum Gasteiger partial charge on any atom is -0.288 e. The lowest BCUT2D eigenvalue weighted by Crippen LogP contribution is -2.29. The fourth-order valence-corrected chi connectivity index (χ4v) is 3.55. The molecule has 0 radical (unpaired) electrons. The lowest BCUT2D eigenvalue weighted by Gasteiger charge is -2.37. The SMILES string of the molecule is C#CC12C=C(C#N)C(=O)C=C1c1c(Br)cccc1CC2. The summed E-state index contributed by atoms with van der Waals surface area (Å²) in [6, 6.07) is 7.92. The number of hydrogen-bond donors (Lipinski definition) is 0. The summed E-state index contributed by atoms with van der Waals surface area (Å²) in [5, 5.41) is 9.07. The summed E-state index contributed by atoms with van der Waals surface area (Å²) in [7, 11) is 0. The Labute approximate surface area is 125 Å². The zero-order chi connectivity index (χ0) is 14.3. The lowest BCUT2D eigenvalue weighted by molar-refractivity contribution is -0.111. The molecule has 1 aromatic rings. The molecule has 0 aromatic heterocycles. The number of hydrogen-bond acceptors (Lipinski definition) is 2. The van der Waals surface area contributed by atoms with Crippen molar-refractivity contribution in [3.63, 3.8) is 0 Å². The number of fused-ring (bicyclic) bond motifs is 3. The molecule has 0 spiro atoms. The second-order valence-electron chi connectivity index (χ2n) is 4.98. The third-order valence-corrected chi connectivity index (χ3v) is 4.61. The van der Waals surface area contributed by atoms with Crippen molar-refractivity contribution in [3.05, 3.63) is 51.5 Å². The summed E-state index contributed by atoms with van der Waals surface area (Å²) >= 11 is 3.54. The van der Waals surface area contributed by atoms with Gasteiger partial charge in [0.05, 0.1) is 11.0 Å². The quantitative estimate of drug-likeness (QED) is 0.686. The molecule has 0 fully saturated rings. The van der Waals surface area contributed by atoms with E-state index in [4.69, 9.17) is 11.7 Å². The number of allylic oxidation sites excluding steroid dienone is 4. The maximum atomic E-state index is 12.0. The van der Waals surface area contributed by atoms with Crippen molar-refractivity contribution in [2.75, 3.05) is 0 Å². The Hall–Kier alpha value is -2.10.